The summed E-state index contributed by atoms with van der Waals surface area (Å²) in [7, 11) is 1.63. The van der Waals surface area contributed by atoms with Crippen LogP contribution in [0.25, 0.3) is 0 Å². The molecule has 5 heteroatoms. The highest BCUT2D eigenvalue weighted by molar-refractivity contribution is 5.85. The highest BCUT2D eigenvalue weighted by Crippen LogP contribution is 2.14. The van der Waals surface area contributed by atoms with Crippen molar-refractivity contribution < 1.29 is 9.53 Å². The molecule has 1 fully saturated rings. The number of amides is 1. The molecule has 0 radical (unpaired) electrons. The normalized spacial score (nSPS) is 18.4. The smallest absolute Gasteiger partial charge is 0.240 e. The van der Waals surface area contributed by atoms with Crippen LogP contribution in [0.4, 0.5) is 0 Å². The van der Waals surface area contributed by atoms with E-state index in [0.717, 1.165) is 26.2 Å². The van der Waals surface area contributed by atoms with E-state index in [1.807, 2.05) is 13.8 Å². The molecule has 1 aliphatic heterocycles. The molecule has 0 aromatic rings. The van der Waals surface area contributed by atoms with Gasteiger partial charge in [-0.1, -0.05) is 0 Å². The maximum Gasteiger partial charge on any atom is 0.240 e. The quantitative estimate of drug-likeness (QED) is 0.620. The van der Waals surface area contributed by atoms with Gasteiger partial charge in [-0.15, -0.1) is 0 Å². The number of nitrogens with one attached hydrogen (secondary N) is 2. The number of carbonyl (C=O) groups is 1. The maximum atomic E-state index is 12.0. The van der Waals surface area contributed by atoms with Crippen LogP contribution in [0, 0.1) is 0 Å². The predicted molar refractivity (Wildman–Crippen MR) is 63.4 cm³/mol. The summed E-state index contributed by atoms with van der Waals surface area (Å²) in [6, 6.07) is 0. The van der Waals surface area contributed by atoms with Gasteiger partial charge in [0, 0.05) is 39.8 Å². The molecule has 0 aromatic carbocycles. The first-order valence-corrected chi connectivity index (χ1v) is 5.82. The fraction of sp³-hybridized carbons (Fsp3) is 0.909. The number of hydrogen-bond donors (Lipinski definition) is 2. The molecule has 1 aliphatic rings. The highest BCUT2D eigenvalue weighted by atomic mass is 16.5. The molecular weight excluding hydrogens is 206 g/mol. The highest BCUT2D eigenvalue weighted by Gasteiger charge is 2.34. The number of carbonyl (C=O) groups excluding carboxylic acids is 1. The van der Waals surface area contributed by atoms with E-state index in [1.165, 1.54) is 0 Å². The van der Waals surface area contributed by atoms with Gasteiger partial charge in [0.05, 0.1) is 12.1 Å². The van der Waals surface area contributed by atoms with Crippen LogP contribution in [0.2, 0.25) is 0 Å². The van der Waals surface area contributed by atoms with Crippen LogP contribution in [0.3, 0.4) is 0 Å². The summed E-state index contributed by atoms with van der Waals surface area (Å²) in [5.74, 6) is 0.0754. The molecule has 0 bridgehead atoms. The molecule has 0 unspecified atom stereocenters. The van der Waals surface area contributed by atoms with E-state index in [2.05, 4.69) is 15.5 Å². The molecule has 0 aliphatic carbocycles. The van der Waals surface area contributed by atoms with Gasteiger partial charge >= 0.3 is 0 Å². The number of nitrogens with zero attached hydrogens (tertiary/aromatic N) is 1. The molecular formula is C11H23N3O2. The van der Waals surface area contributed by atoms with Crippen molar-refractivity contribution in [3.63, 3.8) is 0 Å². The average Bonchev–Trinajstić information content (AvgIpc) is 2.30. The summed E-state index contributed by atoms with van der Waals surface area (Å²) in [5, 5.41) is 6.18. The number of rotatable bonds is 5. The monoisotopic (exact) mass is 229 g/mol. The Morgan fingerprint density at radius 2 is 2.06 bits per heavy atom. The minimum Gasteiger partial charge on any atom is -0.383 e. The predicted octanol–water partition coefficient (Wildman–Crippen LogP) is -0.567. The van der Waals surface area contributed by atoms with Gasteiger partial charge in [0.25, 0.3) is 0 Å². The van der Waals surface area contributed by atoms with Crippen molar-refractivity contribution in [1.29, 1.82) is 0 Å². The SMILES string of the molecule is COCCNC(=O)C(C)(C)N1CCNCC1. The molecule has 0 saturated carbocycles. The second-order valence-electron chi connectivity index (χ2n) is 4.54. The lowest BCUT2D eigenvalue weighted by molar-refractivity contribution is -0.132. The number of hydrogen-bond acceptors (Lipinski definition) is 4. The van der Waals surface area contributed by atoms with E-state index in [-0.39, 0.29) is 5.91 Å². The van der Waals surface area contributed by atoms with Gasteiger partial charge < -0.3 is 15.4 Å². The van der Waals surface area contributed by atoms with Crippen molar-refractivity contribution in [1.82, 2.24) is 15.5 Å². The lowest BCUT2D eigenvalue weighted by Gasteiger charge is -2.39. The van der Waals surface area contributed by atoms with Crippen LogP contribution < -0.4 is 10.6 Å². The topological polar surface area (TPSA) is 53.6 Å². The van der Waals surface area contributed by atoms with Crippen LogP contribution in [0.15, 0.2) is 0 Å². The molecule has 1 amide bonds. The van der Waals surface area contributed by atoms with Crippen molar-refractivity contribution in [2.75, 3.05) is 46.4 Å². The molecule has 1 saturated heterocycles. The van der Waals surface area contributed by atoms with Crippen LogP contribution in [0.1, 0.15) is 13.8 Å². The van der Waals surface area contributed by atoms with E-state index in [9.17, 15) is 4.79 Å². The van der Waals surface area contributed by atoms with E-state index in [1.54, 1.807) is 7.11 Å². The van der Waals surface area contributed by atoms with Crippen molar-refractivity contribution in [3.05, 3.63) is 0 Å². The van der Waals surface area contributed by atoms with Gasteiger partial charge in [-0.2, -0.15) is 0 Å². The Kier molecular flexibility index (Phi) is 5.18. The summed E-state index contributed by atoms with van der Waals surface area (Å²) in [5.41, 5.74) is -0.435. The lowest BCUT2D eigenvalue weighted by atomic mass is 10.0. The third-order valence-electron chi connectivity index (χ3n) is 3.05. The van der Waals surface area contributed by atoms with Crippen molar-refractivity contribution in [2.45, 2.75) is 19.4 Å². The van der Waals surface area contributed by atoms with Gasteiger partial charge in [-0.05, 0) is 13.8 Å². The number of piperazine rings is 1. The molecule has 0 aromatic heterocycles. The summed E-state index contributed by atoms with van der Waals surface area (Å²) in [4.78, 5) is 14.2. The number of ether oxygens (including phenoxy) is 1. The van der Waals surface area contributed by atoms with Crippen molar-refractivity contribution in [3.8, 4) is 0 Å². The molecule has 1 heterocycles. The Morgan fingerprint density at radius 1 is 1.44 bits per heavy atom. The van der Waals surface area contributed by atoms with Crippen molar-refractivity contribution >= 4 is 5.91 Å². The summed E-state index contributed by atoms with van der Waals surface area (Å²) < 4.78 is 4.91. The van der Waals surface area contributed by atoms with Gasteiger partial charge in [0.1, 0.15) is 0 Å². The molecule has 5 nitrogen and oxygen atoms in total. The van der Waals surface area contributed by atoms with Gasteiger partial charge in [-0.3, -0.25) is 9.69 Å². The van der Waals surface area contributed by atoms with Crippen LogP contribution in [0.5, 0.6) is 0 Å². The summed E-state index contributed by atoms with van der Waals surface area (Å²) in [6.45, 7) is 8.83. The van der Waals surface area contributed by atoms with Crippen LogP contribution in [-0.4, -0.2) is 62.8 Å². The third-order valence-corrected chi connectivity index (χ3v) is 3.05. The van der Waals surface area contributed by atoms with Gasteiger partial charge in [0.2, 0.25) is 5.91 Å². The van der Waals surface area contributed by atoms with Crippen molar-refractivity contribution in [2.24, 2.45) is 0 Å². The summed E-state index contributed by atoms with van der Waals surface area (Å²) >= 11 is 0. The zero-order chi connectivity index (χ0) is 12.0. The third kappa shape index (κ3) is 3.43. The van der Waals surface area contributed by atoms with E-state index in [0.29, 0.717) is 13.2 Å². The fourth-order valence-electron chi connectivity index (χ4n) is 1.85. The Morgan fingerprint density at radius 3 is 2.62 bits per heavy atom. The lowest BCUT2D eigenvalue weighted by Crippen LogP contribution is -2.60. The first-order valence-electron chi connectivity index (χ1n) is 5.82. The molecule has 1 rings (SSSR count). The first-order chi connectivity index (χ1) is 7.59. The average molecular weight is 229 g/mol. The van der Waals surface area contributed by atoms with E-state index in [4.69, 9.17) is 4.74 Å². The molecule has 2 N–H and O–H groups in total. The Labute approximate surface area is 97.5 Å². The standard InChI is InChI=1S/C11H23N3O2/c1-11(2,10(15)13-6-9-16-3)14-7-4-12-5-8-14/h12H,4-9H2,1-3H3,(H,13,15). The molecule has 0 spiro atoms. The van der Waals surface area contributed by atoms with E-state index >= 15 is 0 Å². The Balaban J connectivity index is 2.43. The largest absolute Gasteiger partial charge is 0.383 e. The number of methoxy groups -OCH3 is 1. The Bertz CT molecular complexity index is 225. The molecule has 0 atom stereocenters. The second-order valence-corrected chi connectivity index (χ2v) is 4.54. The van der Waals surface area contributed by atoms with Gasteiger partial charge in [0.15, 0.2) is 0 Å². The zero-order valence-electron chi connectivity index (χ0n) is 10.5. The minimum atomic E-state index is -0.435. The summed E-state index contributed by atoms with van der Waals surface area (Å²) in [6.07, 6.45) is 0. The van der Waals surface area contributed by atoms with E-state index < -0.39 is 5.54 Å². The fourth-order valence-corrected chi connectivity index (χ4v) is 1.85. The first kappa shape index (κ1) is 13.4. The molecule has 16 heavy (non-hydrogen) atoms. The second kappa shape index (κ2) is 6.18. The van der Waals surface area contributed by atoms with Gasteiger partial charge in [-0.25, -0.2) is 0 Å². The zero-order valence-corrected chi connectivity index (χ0v) is 10.5. The van der Waals surface area contributed by atoms with Crippen LogP contribution >= 0.6 is 0 Å². The maximum absolute atomic E-state index is 12.0. The van der Waals surface area contributed by atoms with Crippen LogP contribution in [-0.2, 0) is 9.53 Å². The molecule has 94 valence electrons. The minimum absolute atomic E-state index is 0.0754. The Hall–Kier alpha value is -0.650.